The number of aliphatic hydroxyl groups excluding tert-OH is 2. The van der Waals surface area contributed by atoms with Crippen LogP contribution in [-0.2, 0) is 4.74 Å². The van der Waals surface area contributed by atoms with Crippen molar-refractivity contribution in [3.05, 3.63) is 33.1 Å². The first kappa shape index (κ1) is 18.5. The Bertz CT molecular complexity index is 641. The largest absolute Gasteiger partial charge is 0.387 e. The third-order valence-corrected chi connectivity index (χ3v) is 6.91. The SMILES string of the molecule is C[Si](C)(C)CCSC[C@H]1O[C@@H](n2ccc(=O)[nH]c2=O)[C@H](O)[C@@H]1O. The Morgan fingerprint density at radius 3 is 2.61 bits per heavy atom. The number of hydrogen-bond acceptors (Lipinski definition) is 6. The second kappa shape index (κ2) is 7.35. The predicted molar refractivity (Wildman–Crippen MR) is 92.7 cm³/mol. The lowest BCUT2D eigenvalue weighted by molar-refractivity contribution is -0.0340. The summed E-state index contributed by atoms with van der Waals surface area (Å²) in [6.07, 6.45) is -2.53. The summed E-state index contributed by atoms with van der Waals surface area (Å²) in [6, 6.07) is 2.35. The number of aromatic nitrogens is 2. The van der Waals surface area contributed by atoms with Gasteiger partial charge in [0.1, 0.15) is 12.2 Å². The number of aromatic amines is 1. The molecule has 1 saturated heterocycles. The van der Waals surface area contributed by atoms with Gasteiger partial charge in [0, 0.05) is 26.1 Å². The van der Waals surface area contributed by atoms with E-state index in [9.17, 15) is 19.8 Å². The molecule has 1 aliphatic rings. The number of rotatable bonds is 6. The topological polar surface area (TPSA) is 105 Å². The van der Waals surface area contributed by atoms with Gasteiger partial charge in [0.05, 0.1) is 6.10 Å². The van der Waals surface area contributed by atoms with Crippen molar-refractivity contribution in [1.29, 1.82) is 0 Å². The average molecular weight is 361 g/mol. The molecule has 1 aliphatic heterocycles. The molecule has 0 bridgehead atoms. The van der Waals surface area contributed by atoms with Crippen molar-refractivity contribution in [1.82, 2.24) is 9.55 Å². The second-order valence-corrected chi connectivity index (χ2v) is 13.7. The van der Waals surface area contributed by atoms with Crippen molar-refractivity contribution >= 4 is 19.8 Å². The molecule has 9 heteroatoms. The quantitative estimate of drug-likeness (QED) is 0.495. The number of hydrogen-bond donors (Lipinski definition) is 3. The minimum absolute atomic E-state index is 0.516. The maximum absolute atomic E-state index is 11.8. The number of thioether (sulfide) groups is 1. The van der Waals surface area contributed by atoms with Gasteiger partial charge in [-0.2, -0.15) is 11.8 Å². The third kappa shape index (κ3) is 4.80. The first-order chi connectivity index (χ1) is 10.7. The number of nitrogens with one attached hydrogen (secondary N) is 1. The van der Waals surface area contributed by atoms with Crippen molar-refractivity contribution in [2.24, 2.45) is 0 Å². The summed E-state index contributed by atoms with van der Waals surface area (Å²) in [5, 5.41) is 20.3. The fourth-order valence-electron chi connectivity index (χ4n) is 2.30. The Morgan fingerprint density at radius 1 is 1.30 bits per heavy atom. The van der Waals surface area contributed by atoms with E-state index in [4.69, 9.17) is 4.74 Å². The van der Waals surface area contributed by atoms with Crippen LogP contribution in [0.2, 0.25) is 25.7 Å². The number of H-pyrrole nitrogens is 1. The van der Waals surface area contributed by atoms with Crippen LogP contribution in [0.3, 0.4) is 0 Å². The van der Waals surface area contributed by atoms with Crippen LogP contribution in [0.15, 0.2) is 21.9 Å². The highest BCUT2D eigenvalue weighted by Gasteiger charge is 2.43. The summed E-state index contributed by atoms with van der Waals surface area (Å²) in [5.41, 5.74) is -1.18. The van der Waals surface area contributed by atoms with Gasteiger partial charge in [-0.15, -0.1) is 0 Å². The molecule has 130 valence electrons. The average Bonchev–Trinajstić information content (AvgIpc) is 2.71. The molecule has 1 aromatic heterocycles. The summed E-state index contributed by atoms with van der Waals surface area (Å²) in [7, 11) is -1.10. The predicted octanol–water partition coefficient (Wildman–Crippen LogP) is 0.227. The van der Waals surface area contributed by atoms with Crippen LogP contribution in [0.4, 0.5) is 0 Å². The molecule has 1 fully saturated rings. The molecular formula is C14H24N2O5SSi. The summed E-state index contributed by atoms with van der Waals surface area (Å²) >= 11 is 1.68. The van der Waals surface area contributed by atoms with Gasteiger partial charge in [0.15, 0.2) is 6.23 Å². The lowest BCUT2D eigenvalue weighted by atomic mass is 10.1. The fraction of sp³-hybridized carbons (Fsp3) is 0.714. The summed E-state index contributed by atoms with van der Waals surface area (Å²) in [4.78, 5) is 25.0. The lowest BCUT2D eigenvalue weighted by Gasteiger charge is -2.17. The maximum atomic E-state index is 11.8. The Hall–Kier alpha value is -0.873. The van der Waals surface area contributed by atoms with E-state index in [-0.39, 0.29) is 0 Å². The molecule has 23 heavy (non-hydrogen) atoms. The highest BCUT2D eigenvalue weighted by molar-refractivity contribution is 7.99. The van der Waals surface area contributed by atoms with Gasteiger partial charge in [-0.05, 0) is 11.8 Å². The Labute approximate surface area is 139 Å². The van der Waals surface area contributed by atoms with Crippen LogP contribution < -0.4 is 11.2 Å². The van der Waals surface area contributed by atoms with Crippen LogP contribution in [0, 0.1) is 0 Å². The zero-order chi connectivity index (χ0) is 17.2. The van der Waals surface area contributed by atoms with Crippen molar-refractivity contribution in [2.75, 3.05) is 11.5 Å². The van der Waals surface area contributed by atoms with E-state index in [1.54, 1.807) is 11.8 Å². The van der Waals surface area contributed by atoms with E-state index >= 15 is 0 Å². The smallest absolute Gasteiger partial charge is 0.330 e. The van der Waals surface area contributed by atoms with Gasteiger partial charge in [-0.1, -0.05) is 19.6 Å². The van der Waals surface area contributed by atoms with Gasteiger partial charge in [-0.3, -0.25) is 14.3 Å². The van der Waals surface area contributed by atoms with Gasteiger partial charge in [-0.25, -0.2) is 4.79 Å². The molecule has 4 atom stereocenters. The van der Waals surface area contributed by atoms with Gasteiger partial charge in [0.25, 0.3) is 5.56 Å². The molecule has 0 radical (unpaired) electrons. The van der Waals surface area contributed by atoms with Gasteiger partial charge >= 0.3 is 5.69 Å². The van der Waals surface area contributed by atoms with E-state index in [1.165, 1.54) is 18.3 Å². The first-order valence-corrected chi connectivity index (χ1v) is 12.5. The lowest BCUT2D eigenvalue weighted by Crippen LogP contribution is -2.37. The second-order valence-electron chi connectivity index (χ2n) is 6.95. The third-order valence-electron chi connectivity index (χ3n) is 3.74. The van der Waals surface area contributed by atoms with E-state index in [2.05, 4.69) is 24.6 Å². The van der Waals surface area contributed by atoms with E-state index < -0.39 is 43.9 Å². The molecule has 0 amide bonds. The minimum atomic E-state index is -1.21. The summed E-state index contributed by atoms with van der Waals surface area (Å²) in [5.74, 6) is 1.54. The standard InChI is InChI=1S/C14H24N2O5SSi/c1-23(2,3)7-6-22-8-9-11(18)12(19)13(21-9)16-5-4-10(17)15-14(16)20/h4-5,9,11-13,18-19H,6-8H2,1-3H3,(H,15,17,20)/t9-,11-,12-,13-/m1/s1. The number of nitrogens with zero attached hydrogens (tertiary/aromatic N) is 1. The minimum Gasteiger partial charge on any atom is -0.387 e. The molecule has 0 unspecified atom stereocenters. The molecule has 2 heterocycles. The molecular weight excluding hydrogens is 336 g/mol. The molecule has 3 N–H and O–H groups in total. The van der Waals surface area contributed by atoms with Crippen LogP contribution in [0.25, 0.3) is 0 Å². The van der Waals surface area contributed by atoms with Crippen LogP contribution in [0.5, 0.6) is 0 Å². The molecule has 0 spiro atoms. The highest BCUT2D eigenvalue weighted by atomic mass is 32.2. The Morgan fingerprint density at radius 2 is 2.00 bits per heavy atom. The van der Waals surface area contributed by atoms with Crippen molar-refractivity contribution in [3.63, 3.8) is 0 Å². The van der Waals surface area contributed by atoms with E-state index in [1.807, 2.05) is 0 Å². The molecule has 0 aromatic carbocycles. The van der Waals surface area contributed by atoms with Crippen LogP contribution in [0.1, 0.15) is 6.23 Å². The van der Waals surface area contributed by atoms with E-state index in [0.29, 0.717) is 5.75 Å². The number of ether oxygens (including phenoxy) is 1. The Balaban J connectivity index is 1.98. The van der Waals surface area contributed by atoms with Crippen molar-refractivity contribution in [2.45, 2.75) is 50.2 Å². The van der Waals surface area contributed by atoms with E-state index in [0.717, 1.165) is 10.3 Å². The summed E-state index contributed by atoms with van der Waals surface area (Å²) < 4.78 is 6.76. The zero-order valence-electron chi connectivity index (χ0n) is 13.6. The molecule has 0 aliphatic carbocycles. The zero-order valence-corrected chi connectivity index (χ0v) is 15.4. The monoisotopic (exact) mass is 360 g/mol. The molecule has 0 saturated carbocycles. The Kier molecular flexibility index (Phi) is 5.90. The maximum Gasteiger partial charge on any atom is 0.330 e. The van der Waals surface area contributed by atoms with Crippen LogP contribution >= 0.6 is 11.8 Å². The summed E-state index contributed by atoms with van der Waals surface area (Å²) in [6.45, 7) is 6.91. The van der Waals surface area contributed by atoms with Crippen molar-refractivity contribution in [3.8, 4) is 0 Å². The van der Waals surface area contributed by atoms with Crippen LogP contribution in [-0.4, -0.2) is 57.7 Å². The van der Waals surface area contributed by atoms with Crippen molar-refractivity contribution < 1.29 is 14.9 Å². The normalized spacial score (nSPS) is 28.2. The van der Waals surface area contributed by atoms with Gasteiger partial charge in [0.2, 0.25) is 0 Å². The molecule has 2 rings (SSSR count). The highest BCUT2D eigenvalue weighted by Crippen LogP contribution is 2.30. The first-order valence-electron chi connectivity index (χ1n) is 7.60. The number of aliphatic hydroxyl groups is 2. The van der Waals surface area contributed by atoms with Gasteiger partial charge < -0.3 is 14.9 Å². The molecule has 1 aromatic rings. The fourth-order valence-corrected chi connectivity index (χ4v) is 6.00. The molecule has 7 nitrogen and oxygen atoms in total.